The molecule has 3 N–H and O–H groups in total. The maximum Gasteiger partial charge on any atom is 0.135 e. The minimum absolute atomic E-state index is 0.422. The minimum Gasteiger partial charge on any atom is -0.380 e. The first-order valence-corrected chi connectivity index (χ1v) is 9.15. The van der Waals surface area contributed by atoms with Crippen molar-refractivity contribution >= 4 is 11.6 Å². The fourth-order valence-corrected chi connectivity index (χ4v) is 5.90. The molecule has 4 saturated carbocycles. The average Bonchev–Trinajstić information content (AvgIpc) is 2.45. The van der Waals surface area contributed by atoms with Gasteiger partial charge in [-0.05, 0) is 61.6 Å². The van der Waals surface area contributed by atoms with E-state index < -0.39 is 5.60 Å². The van der Waals surface area contributed by atoms with E-state index >= 15 is 0 Å². The van der Waals surface area contributed by atoms with Crippen molar-refractivity contribution in [1.29, 1.82) is 0 Å². The standard InChI is InChI=1S/C19H26ClNO/c1-18(22,16-2-4-17(20)5-3-16)12-21-19-9-13-6-14(10-19)8-15(7-13)11-19/h2-5,13-15,21-22H,6-12H2,1H3/p+1/t13?,14?,15?,18-,19?/m1/s1. The lowest BCUT2D eigenvalue weighted by Crippen LogP contribution is -3.00. The summed E-state index contributed by atoms with van der Waals surface area (Å²) in [6.07, 6.45) is 8.53. The molecule has 4 aliphatic rings. The van der Waals surface area contributed by atoms with Gasteiger partial charge < -0.3 is 10.4 Å². The number of hydrogen-bond acceptors (Lipinski definition) is 1. The highest BCUT2D eigenvalue weighted by molar-refractivity contribution is 6.30. The lowest BCUT2D eigenvalue weighted by Gasteiger charge is -2.55. The van der Waals surface area contributed by atoms with Crippen LogP contribution in [0.2, 0.25) is 5.02 Å². The first kappa shape index (κ1) is 15.0. The molecule has 120 valence electrons. The molecule has 1 aromatic carbocycles. The Kier molecular flexibility index (Phi) is 3.56. The molecule has 4 bridgehead atoms. The zero-order chi connectivity index (χ0) is 15.4. The van der Waals surface area contributed by atoms with Crippen LogP contribution < -0.4 is 5.32 Å². The molecule has 0 spiro atoms. The van der Waals surface area contributed by atoms with Gasteiger partial charge in [0.05, 0.1) is 5.54 Å². The first-order valence-electron chi connectivity index (χ1n) is 8.77. The van der Waals surface area contributed by atoms with Crippen LogP contribution >= 0.6 is 11.6 Å². The number of rotatable bonds is 4. The molecule has 0 aromatic heterocycles. The summed E-state index contributed by atoms with van der Waals surface area (Å²) in [7, 11) is 0. The molecular formula is C19H27ClNO+. The molecule has 0 unspecified atom stereocenters. The smallest absolute Gasteiger partial charge is 0.135 e. The molecule has 0 heterocycles. The zero-order valence-electron chi connectivity index (χ0n) is 13.4. The normalized spacial score (nSPS) is 39.0. The molecule has 0 amide bonds. The molecule has 22 heavy (non-hydrogen) atoms. The van der Waals surface area contributed by atoms with Gasteiger partial charge in [0.15, 0.2) is 0 Å². The van der Waals surface area contributed by atoms with E-state index in [1.165, 1.54) is 38.5 Å². The number of nitrogens with two attached hydrogens (primary N) is 1. The predicted molar refractivity (Wildman–Crippen MR) is 88.7 cm³/mol. The highest BCUT2D eigenvalue weighted by atomic mass is 35.5. The maximum atomic E-state index is 10.9. The molecule has 5 rings (SSSR count). The van der Waals surface area contributed by atoms with E-state index in [1.807, 2.05) is 31.2 Å². The largest absolute Gasteiger partial charge is 0.380 e. The number of halogens is 1. The first-order chi connectivity index (χ1) is 10.4. The van der Waals surface area contributed by atoms with Gasteiger partial charge in [0.1, 0.15) is 12.1 Å². The summed E-state index contributed by atoms with van der Waals surface area (Å²) in [4.78, 5) is 0. The van der Waals surface area contributed by atoms with Crippen molar-refractivity contribution in [3.8, 4) is 0 Å². The predicted octanol–water partition coefficient (Wildman–Crippen LogP) is 3.08. The van der Waals surface area contributed by atoms with E-state index in [0.29, 0.717) is 5.54 Å². The van der Waals surface area contributed by atoms with Crippen LogP contribution in [0, 0.1) is 17.8 Å². The van der Waals surface area contributed by atoms with Crippen LogP contribution in [0.4, 0.5) is 0 Å². The molecule has 0 radical (unpaired) electrons. The van der Waals surface area contributed by atoms with Crippen molar-refractivity contribution < 1.29 is 10.4 Å². The number of benzene rings is 1. The van der Waals surface area contributed by atoms with E-state index in [4.69, 9.17) is 11.6 Å². The third-order valence-electron chi connectivity index (χ3n) is 6.48. The van der Waals surface area contributed by atoms with Gasteiger partial charge in [0, 0.05) is 24.3 Å². The van der Waals surface area contributed by atoms with Crippen LogP contribution in [-0.4, -0.2) is 17.2 Å². The van der Waals surface area contributed by atoms with Crippen LogP contribution in [0.25, 0.3) is 0 Å². The van der Waals surface area contributed by atoms with Crippen molar-refractivity contribution in [3.05, 3.63) is 34.9 Å². The topological polar surface area (TPSA) is 36.8 Å². The Morgan fingerprint density at radius 2 is 1.59 bits per heavy atom. The Bertz CT molecular complexity index is 516. The SMILES string of the molecule is C[C@@](O)(C[NH2+]C12CC3CC(CC(C3)C1)C2)c1ccc(Cl)cc1. The Morgan fingerprint density at radius 3 is 2.09 bits per heavy atom. The quantitative estimate of drug-likeness (QED) is 0.879. The fraction of sp³-hybridized carbons (Fsp3) is 0.684. The van der Waals surface area contributed by atoms with Gasteiger partial charge in [-0.3, -0.25) is 0 Å². The van der Waals surface area contributed by atoms with Crippen molar-refractivity contribution in [3.63, 3.8) is 0 Å². The molecule has 1 atom stereocenters. The van der Waals surface area contributed by atoms with E-state index in [9.17, 15) is 5.11 Å². The minimum atomic E-state index is -0.784. The van der Waals surface area contributed by atoms with Gasteiger partial charge in [-0.25, -0.2) is 0 Å². The van der Waals surface area contributed by atoms with Crippen molar-refractivity contribution in [2.45, 2.75) is 56.6 Å². The molecule has 0 saturated heterocycles. The lowest BCUT2D eigenvalue weighted by atomic mass is 9.53. The number of quaternary nitrogens is 1. The summed E-state index contributed by atoms with van der Waals surface area (Å²) < 4.78 is 0. The summed E-state index contributed by atoms with van der Waals surface area (Å²) >= 11 is 5.96. The molecular weight excluding hydrogens is 294 g/mol. The fourth-order valence-electron chi connectivity index (χ4n) is 5.77. The van der Waals surface area contributed by atoms with Crippen molar-refractivity contribution in [2.24, 2.45) is 17.8 Å². The molecule has 0 aliphatic heterocycles. The van der Waals surface area contributed by atoms with Crippen LogP contribution in [-0.2, 0) is 5.60 Å². The van der Waals surface area contributed by atoms with Gasteiger partial charge in [-0.15, -0.1) is 0 Å². The summed E-state index contributed by atoms with van der Waals surface area (Å²) in [6.45, 7) is 2.69. The second-order valence-corrected chi connectivity index (χ2v) is 8.91. The molecule has 3 heteroatoms. The van der Waals surface area contributed by atoms with Gasteiger partial charge in [-0.1, -0.05) is 23.7 Å². The third-order valence-corrected chi connectivity index (χ3v) is 6.74. The van der Waals surface area contributed by atoms with Crippen molar-refractivity contribution in [2.75, 3.05) is 6.54 Å². The molecule has 4 aliphatic carbocycles. The van der Waals surface area contributed by atoms with Crippen molar-refractivity contribution in [1.82, 2.24) is 0 Å². The highest BCUT2D eigenvalue weighted by Gasteiger charge is 2.53. The summed E-state index contributed by atoms with van der Waals surface area (Å²) in [5, 5.41) is 14.1. The Hall–Kier alpha value is -0.570. The average molecular weight is 321 g/mol. The summed E-state index contributed by atoms with van der Waals surface area (Å²) in [5.41, 5.74) is 0.608. The van der Waals surface area contributed by atoms with E-state index in [2.05, 4.69) is 5.32 Å². The van der Waals surface area contributed by atoms with Gasteiger partial charge in [0.2, 0.25) is 0 Å². The molecule has 4 fully saturated rings. The maximum absolute atomic E-state index is 10.9. The second kappa shape index (κ2) is 5.22. The summed E-state index contributed by atoms with van der Waals surface area (Å²) in [6, 6.07) is 7.65. The Morgan fingerprint density at radius 1 is 1.09 bits per heavy atom. The Balaban J connectivity index is 1.46. The Labute approximate surface area is 138 Å². The van der Waals surface area contributed by atoms with E-state index in [1.54, 1.807) is 0 Å². The number of hydrogen-bond donors (Lipinski definition) is 2. The van der Waals surface area contributed by atoms with E-state index in [0.717, 1.165) is 34.9 Å². The monoisotopic (exact) mass is 320 g/mol. The van der Waals surface area contributed by atoms with Crippen LogP contribution in [0.5, 0.6) is 0 Å². The number of aliphatic hydroxyl groups is 1. The zero-order valence-corrected chi connectivity index (χ0v) is 14.1. The molecule has 1 aromatic rings. The third kappa shape index (κ3) is 2.70. The van der Waals surface area contributed by atoms with Crippen LogP contribution in [0.3, 0.4) is 0 Å². The second-order valence-electron chi connectivity index (χ2n) is 8.47. The summed E-state index contributed by atoms with van der Waals surface area (Å²) in [5.74, 6) is 2.88. The molecule has 2 nitrogen and oxygen atoms in total. The highest BCUT2D eigenvalue weighted by Crippen LogP contribution is 2.54. The van der Waals surface area contributed by atoms with Crippen LogP contribution in [0.1, 0.15) is 51.0 Å². The van der Waals surface area contributed by atoms with E-state index in [-0.39, 0.29) is 0 Å². The van der Waals surface area contributed by atoms with Gasteiger partial charge in [-0.2, -0.15) is 0 Å². The van der Waals surface area contributed by atoms with Gasteiger partial charge >= 0.3 is 0 Å². The van der Waals surface area contributed by atoms with Crippen LogP contribution in [0.15, 0.2) is 24.3 Å². The lowest BCUT2D eigenvalue weighted by molar-refractivity contribution is -0.748. The van der Waals surface area contributed by atoms with Gasteiger partial charge in [0.25, 0.3) is 0 Å².